The first kappa shape index (κ1) is 77.9. The van der Waals surface area contributed by atoms with E-state index in [2.05, 4.69) is 93.7 Å². The van der Waals surface area contributed by atoms with Gasteiger partial charge in [0.15, 0.2) is 6.10 Å². The number of allylic oxidation sites excluding steroid dienone is 12. The molecule has 0 aliphatic rings. The van der Waals surface area contributed by atoms with Gasteiger partial charge in [0, 0.05) is 19.3 Å². The molecule has 1 unspecified atom stereocenters. The summed E-state index contributed by atoms with van der Waals surface area (Å²) >= 11 is 0. The average Bonchev–Trinajstić information content (AvgIpc) is 3.46. The highest BCUT2D eigenvalue weighted by Crippen LogP contribution is 2.18. The Morgan fingerprint density at radius 1 is 0.259 bits per heavy atom. The topological polar surface area (TPSA) is 78.9 Å². The van der Waals surface area contributed by atoms with E-state index in [1.807, 2.05) is 0 Å². The third-order valence-corrected chi connectivity index (χ3v) is 15.6. The fraction of sp³-hybridized carbons (Fsp3) is 0.800. The number of carbonyl (C=O) groups is 3. The minimum Gasteiger partial charge on any atom is -0.462 e. The summed E-state index contributed by atoms with van der Waals surface area (Å²) in [6, 6.07) is 0. The number of rotatable bonds is 65. The predicted molar refractivity (Wildman–Crippen MR) is 353 cm³/mol. The van der Waals surface area contributed by atoms with Crippen LogP contribution in [0.1, 0.15) is 367 Å². The highest BCUT2D eigenvalue weighted by Gasteiger charge is 2.19. The Kier molecular flexibility index (Phi) is 66.6. The molecule has 1 atom stereocenters. The molecule has 470 valence electrons. The number of esters is 3. The molecule has 6 nitrogen and oxygen atoms in total. The van der Waals surface area contributed by atoms with Crippen molar-refractivity contribution >= 4 is 17.9 Å². The quantitative estimate of drug-likeness (QED) is 0.0261. The first-order chi connectivity index (χ1) is 40.0. The van der Waals surface area contributed by atoms with Crippen LogP contribution in [0, 0.1) is 0 Å². The van der Waals surface area contributed by atoms with Gasteiger partial charge in [-0.25, -0.2) is 0 Å². The summed E-state index contributed by atoms with van der Waals surface area (Å²) in [6.07, 6.45) is 90.9. The molecule has 0 bridgehead atoms. The van der Waals surface area contributed by atoms with Crippen LogP contribution in [0.25, 0.3) is 0 Å². The lowest BCUT2D eigenvalue weighted by atomic mass is 10.0. The summed E-state index contributed by atoms with van der Waals surface area (Å²) in [4.78, 5) is 38.3. The van der Waals surface area contributed by atoms with E-state index in [0.29, 0.717) is 19.3 Å². The molecule has 81 heavy (non-hydrogen) atoms. The molecule has 0 radical (unpaired) electrons. The maximum atomic E-state index is 12.9. The molecular weight excluding hydrogens is 997 g/mol. The Balaban J connectivity index is 4.13. The molecule has 0 N–H and O–H groups in total. The van der Waals surface area contributed by atoms with Crippen LogP contribution in [0.2, 0.25) is 0 Å². The van der Waals surface area contributed by atoms with Gasteiger partial charge >= 0.3 is 17.9 Å². The smallest absolute Gasteiger partial charge is 0.306 e. The van der Waals surface area contributed by atoms with Crippen LogP contribution in [0.5, 0.6) is 0 Å². The number of unbranched alkanes of at least 4 members (excludes halogenated alkanes) is 42. The minimum absolute atomic E-state index is 0.0812. The zero-order valence-electron chi connectivity index (χ0n) is 54.1. The van der Waals surface area contributed by atoms with Crippen molar-refractivity contribution in [2.45, 2.75) is 374 Å². The van der Waals surface area contributed by atoms with E-state index < -0.39 is 6.10 Å². The lowest BCUT2D eigenvalue weighted by Crippen LogP contribution is -2.30. The number of hydrogen-bond donors (Lipinski definition) is 0. The lowest BCUT2D eigenvalue weighted by molar-refractivity contribution is -0.167. The molecule has 0 heterocycles. The Morgan fingerprint density at radius 3 is 0.815 bits per heavy atom. The van der Waals surface area contributed by atoms with Gasteiger partial charge in [0.25, 0.3) is 0 Å². The summed E-state index contributed by atoms with van der Waals surface area (Å²) in [5.74, 6) is -0.889. The molecular formula is C75H134O6. The van der Waals surface area contributed by atoms with Crippen LogP contribution in [0.3, 0.4) is 0 Å². The van der Waals surface area contributed by atoms with E-state index in [1.54, 1.807) is 0 Å². The van der Waals surface area contributed by atoms with Crippen molar-refractivity contribution in [3.8, 4) is 0 Å². The molecule has 6 heteroatoms. The molecule has 0 spiro atoms. The van der Waals surface area contributed by atoms with Crippen molar-refractivity contribution in [1.82, 2.24) is 0 Å². The maximum Gasteiger partial charge on any atom is 0.306 e. The van der Waals surface area contributed by atoms with Gasteiger partial charge < -0.3 is 14.2 Å². The summed E-state index contributed by atoms with van der Waals surface area (Å²) in [5.41, 5.74) is 0. The molecule has 0 fully saturated rings. The summed E-state index contributed by atoms with van der Waals surface area (Å²) in [7, 11) is 0. The number of carbonyl (C=O) groups excluding carboxylic acids is 3. The van der Waals surface area contributed by atoms with Gasteiger partial charge in [-0.3, -0.25) is 14.4 Å². The normalized spacial score (nSPS) is 12.5. The average molecular weight is 1130 g/mol. The largest absolute Gasteiger partial charge is 0.462 e. The summed E-state index contributed by atoms with van der Waals surface area (Å²) < 4.78 is 16.9. The highest BCUT2D eigenvalue weighted by molar-refractivity contribution is 5.71. The van der Waals surface area contributed by atoms with Gasteiger partial charge in [0.05, 0.1) is 0 Å². The zero-order valence-corrected chi connectivity index (χ0v) is 54.1. The van der Waals surface area contributed by atoms with Crippen molar-refractivity contribution in [1.29, 1.82) is 0 Å². The second-order valence-corrected chi connectivity index (χ2v) is 23.8. The molecule has 0 saturated heterocycles. The van der Waals surface area contributed by atoms with Crippen LogP contribution in [0.15, 0.2) is 72.9 Å². The predicted octanol–water partition coefficient (Wildman–Crippen LogP) is 24.4. The molecule has 0 saturated carbocycles. The lowest BCUT2D eigenvalue weighted by Gasteiger charge is -2.18. The Hall–Kier alpha value is -3.15. The molecule has 0 aliphatic heterocycles. The first-order valence-corrected chi connectivity index (χ1v) is 35.4. The molecule has 0 rings (SSSR count). The molecule has 0 amide bonds. The van der Waals surface area contributed by atoms with Crippen molar-refractivity contribution in [3.05, 3.63) is 72.9 Å². The second kappa shape index (κ2) is 69.3. The fourth-order valence-corrected chi connectivity index (χ4v) is 10.4. The van der Waals surface area contributed by atoms with Crippen LogP contribution < -0.4 is 0 Å². The third-order valence-electron chi connectivity index (χ3n) is 15.6. The van der Waals surface area contributed by atoms with E-state index in [9.17, 15) is 14.4 Å². The first-order valence-electron chi connectivity index (χ1n) is 35.4. The SMILES string of the molecule is CC/C=C\C/C=C\C/C=C\CCCCCCCCCC(=O)OC(COC(=O)CCCCCCC/C=C\C/C=C\CCC)COC(=O)CCCCCCCCCCCCCCCCCCCCCCC/C=C\CCCCCCCCCC. The number of hydrogen-bond acceptors (Lipinski definition) is 6. The van der Waals surface area contributed by atoms with Crippen LogP contribution in [-0.2, 0) is 28.6 Å². The monoisotopic (exact) mass is 1130 g/mol. The van der Waals surface area contributed by atoms with Crippen molar-refractivity contribution in [3.63, 3.8) is 0 Å². The summed E-state index contributed by atoms with van der Waals surface area (Å²) in [6.45, 7) is 6.49. The maximum absolute atomic E-state index is 12.9. The van der Waals surface area contributed by atoms with Gasteiger partial charge in [-0.2, -0.15) is 0 Å². The van der Waals surface area contributed by atoms with Crippen molar-refractivity contribution in [2.24, 2.45) is 0 Å². The van der Waals surface area contributed by atoms with Crippen molar-refractivity contribution in [2.75, 3.05) is 13.2 Å². The third kappa shape index (κ3) is 67.5. The fourth-order valence-electron chi connectivity index (χ4n) is 10.4. The van der Waals surface area contributed by atoms with E-state index in [0.717, 1.165) is 109 Å². The molecule has 0 aromatic carbocycles. The molecule has 0 aromatic heterocycles. The summed E-state index contributed by atoms with van der Waals surface area (Å²) in [5, 5.41) is 0. The highest BCUT2D eigenvalue weighted by atomic mass is 16.6. The Morgan fingerprint density at radius 2 is 0.506 bits per heavy atom. The minimum atomic E-state index is -0.787. The van der Waals surface area contributed by atoms with E-state index in [1.165, 1.54) is 218 Å². The van der Waals surface area contributed by atoms with Crippen molar-refractivity contribution < 1.29 is 28.6 Å². The van der Waals surface area contributed by atoms with E-state index in [-0.39, 0.29) is 31.1 Å². The molecule has 0 aromatic rings. The second-order valence-electron chi connectivity index (χ2n) is 23.8. The Bertz CT molecular complexity index is 1490. The molecule has 0 aliphatic carbocycles. The van der Waals surface area contributed by atoms with E-state index in [4.69, 9.17) is 14.2 Å². The van der Waals surface area contributed by atoms with Crippen LogP contribution in [-0.4, -0.2) is 37.2 Å². The van der Waals surface area contributed by atoms with Gasteiger partial charge in [0.1, 0.15) is 13.2 Å². The Labute approximate surface area is 503 Å². The number of ether oxygens (including phenoxy) is 3. The zero-order chi connectivity index (χ0) is 58.5. The standard InChI is InChI=1S/C75H134O6/c1-4-7-10-13-16-19-22-25-27-29-30-31-32-33-34-35-36-37-38-39-40-41-42-43-44-46-47-50-53-56-59-62-65-68-74(77)80-71-72(70-79-73(76)67-64-61-58-55-52-49-24-21-18-15-12-9-6-3)81-75(78)69-66-63-60-57-54-51-48-45-28-26-23-20-17-14-11-8-5-2/h8,11-12,15,17,20-21,24,26,28-30,72H,4-7,9-10,13-14,16,18-19,22-23,25,27,31-71H2,1-3H3/b11-8-,15-12-,20-17-,24-21-,28-26-,30-29-. The van der Waals surface area contributed by atoms with Gasteiger partial charge in [-0.1, -0.05) is 318 Å². The van der Waals surface area contributed by atoms with E-state index >= 15 is 0 Å². The van der Waals surface area contributed by atoms with Crippen LogP contribution >= 0.6 is 0 Å². The van der Waals surface area contributed by atoms with Gasteiger partial charge in [-0.15, -0.1) is 0 Å². The van der Waals surface area contributed by atoms with Gasteiger partial charge in [0.2, 0.25) is 0 Å². The van der Waals surface area contributed by atoms with Gasteiger partial charge in [-0.05, 0) is 103 Å². The van der Waals surface area contributed by atoms with Crippen LogP contribution in [0.4, 0.5) is 0 Å².